The van der Waals surface area contributed by atoms with E-state index in [0.717, 1.165) is 21.8 Å². The van der Waals surface area contributed by atoms with Crippen LogP contribution in [0.5, 0.6) is 5.75 Å². The van der Waals surface area contributed by atoms with Crippen LogP contribution >= 0.6 is 22.9 Å². The lowest BCUT2D eigenvalue weighted by Gasteiger charge is -2.23. The zero-order valence-electron chi connectivity index (χ0n) is 18.4. The number of hydrogen-bond donors (Lipinski definition) is 0. The van der Waals surface area contributed by atoms with Gasteiger partial charge in [-0.2, -0.15) is 0 Å². The molecular formula is C22H24ClN3O5S2. The van der Waals surface area contributed by atoms with E-state index in [0.29, 0.717) is 40.1 Å². The molecule has 33 heavy (non-hydrogen) atoms. The van der Waals surface area contributed by atoms with Crippen molar-refractivity contribution in [2.45, 2.75) is 23.8 Å². The van der Waals surface area contributed by atoms with E-state index in [1.807, 2.05) is 0 Å². The summed E-state index contributed by atoms with van der Waals surface area (Å²) in [5.74, 6) is 0.271. The quantitative estimate of drug-likeness (QED) is 0.477. The molecule has 3 aromatic rings. The molecule has 1 atom stereocenters. The molecule has 11 heteroatoms. The third kappa shape index (κ3) is 4.71. The van der Waals surface area contributed by atoms with Crippen molar-refractivity contribution in [3.05, 3.63) is 47.0 Å². The van der Waals surface area contributed by atoms with E-state index in [2.05, 4.69) is 4.98 Å². The molecule has 2 aromatic carbocycles. The van der Waals surface area contributed by atoms with E-state index in [4.69, 9.17) is 21.1 Å². The van der Waals surface area contributed by atoms with Gasteiger partial charge in [0.25, 0.3) is 5.91 Å². The lowest BCUT2D eigenvalue weighted by molar-refractivity contribution is 0.0917. The Morgan fingerprint density at radius 1 is 1.24 bits per heavy atom. The second kappa shape index (κ2) is 9.55. The van der Waals surface area contributed by atoms with Gasteiger partial charge in [0.2, 0.25) is 10.0 Å². The number of amides is 1. The first-order chi connectivity index (χ1) is 15.7. The number of fused-ring (bicyclic) bond motifs is 1. The summed E-state index contributed by atoms with van der Waals surface area (Å²) in [6.45, 7) is 0.986. The molecule has 0 spiro atoms. The third-order valence-electron chi connectivity index (χ3n) is 5.43. The Hall–Kier alpha value is -2.24. The molecule has 1 aliphatic rings. The first-order valence-corrected chi connectivity index (χ1v) is 12.9. The zero-order chi connectivity index (χ0) is 23.8. The highest BCUT2D eigenvalue weighted by Crippen LogP contribution is 2.39. The molecule has 0 N–H and O–H groups in total. The van der Waals surface area contributed by atoms with Crippen molar-refractivity contribution in [3.8, 4) is 5.75 Å². The predicted molar refractivity (Wildman–Crippen MR) is 129 cm³/mol. The van der Waals surface area contributed by atoms with E-state index in [9.17, 15) is 13.2 Å². The number of carbonyl (C=O) groups is 1. The van der Waals surface area contributed by atoms with Gasteiger partial charge in [-0.3, -0.25) is 9.69 Å². The van der Waals surface area contributed by atoms with Crippen molar-refractivity contribution in [2.75, 3.05) is 39.3 Å². The number of aromatic nitrogens is 1. The number of carbonyl (C=O) groups excluding carboxylic acids is 1. The number of thiazole rings is 1. The highest BCUT2D eigenvalue weighted by atomic mass is 35.5. The zero-order valence-corrected chi connectivity index (χ0v) is 20.8. The molecule has 1 amide bonds. The van der Waals surface area contributed by atoms with Gasteiger partial charge in [0.05, 0.1) is 34.4 Å². The molecule has 1 aromatic heterocycles. The first kappa shape index (κ1) is 23.9. The lowest BCUT2D eigenvalue weighted by Crippen LogP contribution is -2.37. The summed E-state index contributed by atoms with van der Waals surface area (Å²) in [6.07, 6.45) is 1.67. The Morgan fingerprint density at radius 2 is 1.97 bits per heavy atom. The van der Waals surface area contributed by atoms with E-state index >= 15 is 0 Å². The van der Waals surface area contributed by atoms with Crippen LogP contribution < -0.4 is 9.64 Å². The molecule has 0 saturated carbocycles. The van der Waals surface area contributed by atoms with Crippen LogP contribution in [0.25, 0.3) is 10.2 Å². The molecule has 4 rings (SSSR count). The minimum Gasteiger partial charge on any atom is -0.494 e. The minimum atomic E-state index is -3.59. The molecule has 8 nitrogen and oxygen atoms in total. The maximum atomic E-state index is 13.6. The van der Waals surface area contributed by atoms with Crippen molar-refractivity contribution in [1.29, 1.82) is 0 Å². The maximum Gasteiger partial charge on any atom is 0.260 e. The number of anilines is 1. The molecule has 0 aliphatic carbocycles. The fourth-order valence-electron chi connectivity index (χ4n) is 3.60. The molecule has 0 bridgehead atoms. The fraction of sp³-hybridized carbons (Fsp3) is 0.364. The molecule has 0 radical (unpaired) electrons. The summed E-state index contributed by atoms with van der Waals surface area (Å²) in [5, 5.41) is 0.999. The number of hydrogen-bond acceptors (Lipinski definition) is 7. The second-order valence-electron chi connectivity index (χ2n) is 7.79. The number of rotatable bonds is 7. The summed E-state index contributed by atoms with van der Waals surface area (Å²) in [4.78, 5) is 19.9. The number of nitrogens with zero attached hydrogens (tertiary/aromatic N) is 3. The van der Waals surface area contributed by atoms with Gasteiger partial charge in [-0.05, 0) is 49.2 Å². The third-order valence-corrected chi connectivity index (χ3v) is 8.80. The largest absolute Gasteiger partial charge is 0.494 e. The van der Waals surface area contributed by atoms with E-state index in [1.165, 1.54) is 49.7 Å². The molecule has 1 unspecified atom stereocenters. The van der Waals surface area contributed by atoms with Crippen LogP contribution in [0.15, 0.2) is 41.3 Å². The first-order valence-electron chi connectivity index (χ1n) is 10.3. The average molecular weight is 510 g/mol. The van der Waals surface area contributed by atoms with Crippen molar-refractivity contribution in [3.63, 3.8) is 0 Å². The van der Waals surface area contributed by atoms with E-state index in [1.54, 1.807) is 24.1 Å². The summed E-state index contributed by atoms with van der Waals surface area (Å²) < 4.78 is 37.8. The average Bonchev–Trinajstić information content (AvgIpc) is 3.48. The number of sulfonamides is 1. The molecule has 1 saturated heterocycles. The highest BCUT2D eigenvalue weighted by Gasteiger charge is 2.28. The lowest BCUT2D eigenvalue weighted by atomic mass is 10.2. The number of benzene rings is 2. The van der Waals surface area contributed by atoms with Crippen molar-refractivity contribution < 1.29 is 22.7 Å². The van der Waals surface area contributed by atoms with Crippen LogP contribution in [0.2, 0.25) is 5.02 Å². The van der Waals surface area contributed by atoms with Crippen molar-refractivity contribution in [2.24, 2.45) is 0 Å². The van der Waals surface area contributed by atoms with E-state index in [-0.39, 0.29) is 16.9 Å². The van der Waals surface area contributed by atoms with Crippen LogP contribution in [-0.4, -0.2) is 64.1 Å². The SMILES string of the molecule is COc1ccc(Cl)c2sc(N(CC3CCCO3)C(=O)c3ccc(S(=O)(=O)N(C)C)cc3)nc12. The van der Waals surface area contributed by atoms with Gasteiger partial charge in [-0.15, -0.1) is 0 Å². The Kier molecular flexibility index (Phi) is 6.92. The Labute approximate surface area is 201 Å². The monoisotopic (exact) mass is 509 g/mol. The van der Waals surface area contributed by atoms with E-state index < -0.39 is 10.0 Å². The standard InChI is InChI=1S/C22H24ClN3O5S2/c1-25(2)33(28,29)16-8-6-14(7-9-16)21(27)26(13-15-5-4-12-31-15)22-24-19-18(30-3)11-10-17(23)20(19)32-22/h6-11,15H,4-5,12-13H2,1-3H3. The van der Waals surface area contributed by atoms with Gasteiger partial charge in [0.1, 0.15) is 11.3 Å². The minimum absolute atomic E-state index is 0.105. The van der Waals surface area contributed by atoms with Gasteiger partial charge >= 0.3 is 0 Å². The van der Waals surface area contributed by atoms with Crippen LogP contribution in [0, 0.1) is 0 Å². The number of ether oxygens (including phenoxy) is 2. The predicted octanol–water partition coefficient (Wildman–Crippen LogP) is 4.03. The van der Waals surface area contributed by atoms with Gasteiger partial charge < -0.3 is 9.47 Å². The highest BCUT2D eigenvalue weighted by molar-refractivity contribution is 7.89. The summed E-state index contributed by atoms with van der Waals surface area (Å²) >= 11 is 7.69. The topological polar surface area (TPSA) is 89.0 Å². The maximum absolute atomic E-state index is 13.6. The fourth-order valence-corrected chi connectivity index (χ4v) is 5.76. The van der Waals surface area contributed by atoms with Gasteiger partial charge in [0, 0.05) is 26.3 Å². The Bertz CT molecular complexity index is 1270. The summed E-state index contributed by atoms with van der Waals surface area (Å²) in [5.41, 5.74) is 0.936. The van der Waals surface area contributed by atoms with Crippen LogP contribution in [0.1, 0.15) is 23.2 Å². The smallest absolute Gasteiger partial charge is 0.260 e. The van der Waals surface area contributed by atoms with Gasteiger partial charge in [-0.1, -0.05) is 22.9 Å². The molecule has 176 valence electrons. The normalized spacial score (nSPS) is 16.5. The van der Waals surface area contributed by atoms with Crippen LogP contribution in [0.4, 0.5) is 5.13 Å². The molecule has 2 heterocycles. The molecular weight excluding hydrogens is 486 g/mol. The molecule has 1 aliphatic heterocycles. The number of methoxy groups -OCH3 is 1. The number of halogens is 1. The summed E-state index contributed by atoms with van der Waals surface area (Å²) in [6, 6.07) is 9.38. The van der Waals surface area contributed by atoms with Crippen LogP contribution in [-0.2, 0) is 14.8 Å². The van der Waals surface area contributed by atoms with Crippen molar-refractivity contribution >= 4 is 54.2 Å². The molecule has 1 fully saturated rings. The van der Waals surface area contributed by atoms with Gasteiger partial charge in [0.15, 0.2) is 5.13 Å². The second-order valence-corrected chi connectivity index (χ2v) is 11.3. The summed E-state index contributed by atoms with van der Waals surface area (Å²) in [7, 11) is 0.890. The van der Waals surface area contributed by atoms with Crippen molar-refractivity contribution in [1.82, 2.24) is 9.29 Å². The Balaban J connectivity index is 1.73. The van der Waals surface area contributed by atoms with Gasteiger partial charge in [-0.25, -0.2) is 17.7 Å². The Morgan fingerprint density at radius 3 is 2.58 bits per heavy atom. The van der Waals surface area contributed by atoms with Crippen LogP contribution in [0.3, 0.4) is 0 Å².